The molecule has 1 aliphatic rings. The molecule has 2 N–H and O–H groups in total. The summed E-state index contributed by atoms with van der Waals surface area (Å²) in [6.07, 6.45) is 2.10. The van der Waals surface area contributed by atoms with E-state index in [2.05, 4.69) is 48.7 Å². The highest BCUT2D eigenvalue weighted by molar-refractivity contribution is 5.82. The van der Waals surface area contributed by atoms with Gasteiger partial charge in [0.05, 0.1) is 12.1 Å². The first kappa shape index (κ1) is 14.1. The number of benzene rings is 1. The second-order valence-corrected chi connectivity index (χ2v) is 5.78. The van der Waals surface area contributed by atoms with Crippen LogP contribution in [0.1, 0.15) is 43.9 Å². The summed E-state index contributed by atoms with van der Waals surface area (Å²) in [6.45, 7) is 7.26. The van der Waals surface area contributed by atoms with Gasteiger partial charge in [0.15, 0.2) is 0 Å². The van der Waals surface area contributed by atoms with Gasteiger partial charge in [-0.05, 0) is 44.7 Å². The second-order valence-electron chi connectivity index (χ2n) is 5.78. The minimum absolute atomic E-state index is 0.0309. The van der Waals surface area contributed by atoms with Crippen LogP contribution in [0.3, 0.4) is 0 Å². The number of amides is 1. The molecule has 1 aliphatic heterocycles. The van der Waals surface area contributed by atoms with E-state index < -0.39 is 0 Å². The maximum Gasteiger partial charge on any atom is 0.237 e. The van der Waals surface area contributed by atoms with E-state index in [4.69, 9.17) is 0 Å². The van der Waals surface area contributed by atoms with Gasteiger partial charge >= 0.3 is 0 Å². The number of piperidine rings is 1. The summed E-state index contributed by atoms with van der Waals surface area (Å²) < 4.78 is 0. The quantitative estimate of drug-likeness (QED) is 0.877. The van der Waals surface area contributed by atoms with Gasteiger partial charge in [-0.2, -0.15) is 0 Å². The number of aryl methyl sites for hydroxylation is 1. The van der Waals surface area contributed by atoms with Gasteiger partial charge in [-0.25, -0.2) is 0 Å². The van der Waals surface area contributed by atoms with Crippen LogP contribution in [0.15, 0.2) is 24.3 Å². The van der Waals surface area contributed by atoms with E-state index in [0.717, 1.165) is 24.9 Å². The first-order valence-electron chi connectivity index (χ1n) is 7.16. The molecule has 1 fully saturated rings. The lowest BCUT2D eigenvalue weighted by atomic mass is 9.93. The number of rotatable bonds is 3. The highest BCUT2D eigenvalue weighted by atomic mass is 16.2. The Kier molecular flexibility index (Phi) is 4.59. The number of nitrogens with one attached hydrogen (secondary N) is 2. The van der Waals surface area contributed by atoms with Crippen LogP contribution in [0.4, 0.5) is 0 Å². The smallest absolute Gasteiger partial charge is 0.237 e. The van der Waals surface area contributed by atoms with E-state index in [0.29, 0.717) is 5.92 Å². The van der Waals surface area contributed by atoms with Crippen molar-refractivity contribution in [3.05, 3.63) is 35.4 Å². The molecule has 0 bridgehead atoms. The molecule has 1 amide bonds. The summed E-state index contributed by atoms with van der Waals surface area (Å²) in [7, 11) is 0. The van der Waals surface area contributed by atoms with Crippen LogP contribution in [0.25, 0.3) is 0 Å². The molecule has 0 aromatic heterocycles. The monoisotopic (exact) mass is 260 g/mol. The summed E-state index contributed by atoms with van der Waals surface area (Å²) >= 11 is 0. The number of hydrogen-bond acceptors (Lipinski definition) is 2. The predicted octanol–water partition coefficient (Wildman–Crippen LogP) is 2.56. The molecule has 1 saturated heterocycles. The Bertz CT molecular complexity index is 427. The molecule has 3 heteroatoms. The van der Waals surface area contributed by atoms with E-state index >= 15 is 0 Å². The molecular formula is C16H24N2O. The summed E-state index contributed by atoms with van der Waals surface area (Å²) in [4.78, 5) is 12.2. The van der Waals surface area contributed by atoms with Crippen LogP contribution in [0.2, 0.25) is 0 Å². The van der Waals surface area contributed by atoms with Gasteiger partial charge in [0.25, 0.3) is 0 Å². The number of hydrogen-bond donors (Lipinski definition) is 2. The molecule has 0 spiro atoms. The zero-order valence-corrected chi connectivity index (χ0v) is 12.1. The SMILES string of the molecule is Cc1ccc([C@H](C)NC(=O)C2CC(C)CCN2)cc1. The fourth-order valence-corrected chi connectivity index (χ4v) is 2.56. The van der Waals surface area contributed by atoms with Crippen molar-refractivity contribution >= 4 is 5.91 Å². The molecule has 2 rings (SSSR count). The fourth-order valence-electron chi connectivity index (χ4n) is 2.56. The first-order chi connectivity index (χ1) is 9.06. The van der Waals surface area contributed by atoms with Gasteiger partial charge in [-0.3, -0.25) is 4.79 Å². The van der Waals surface area contributed by atoms with Crippen molar-refractivity contribution < 1.29 is 4.79 Å². The summed E-state index contributed by atoms with van der Waals surface area (Å²) in [5.41, 5.74) is 2.40. The van der Waals surface area contributed by atoms with Gasteiger partial charge in [-0.15, -0.1) is 0 Å². The summed E-state index contributed by atoms with van der Waals surface area (Å²) in [5.74, 6) is 0.756. The maximum absolute atomic E-state index is 12.2. The normalized spacial score (nSPS) is 24.8. The minimum Gasteiger partial charge on any atom is -0.348 e. The summed E-state index contributed by atoms with van der Waals surface area (Å²) in [6, 6.07) is 8.36. The second kappa shape index (κ2) is 6.20. The molecule has 3 atom stereocenters. The van der Waals surface area contributed by atoms with Gasteiger partial charge in [-0.1, -0.05) is 36.8 Å². The topological polar surface area (TPSA) is 41.1 Å². The van der Waals surface area contributed by atoms with Crippen molar-refractivity contribution in [1.82, 2.24) is 10.6 Å². The Hall–Kier alpha value is -1.35. The summed E-state index contributed by atoms with van der Waals surface area (Å²) in [5, 5.41) is 6.41. The predicted molar refractivity (Wildman–Crippen MR) is 77.9 cm³/mol. The zero-order chi connectivity index (χ0) is 13.8. The van der Waals surface area contributed by atoms with Crippen molar-refractivity contribution in [1.29, 1.82) is 0 Å². The maximum atomic E-state index is 12.2. The molecular weight excluding hydrogens is 236 g/mol. The van der Waals surface area contributed by atoms with Crippen molar-refractivity contribution in [3.8, 4) is 0 Å². The molecule has 1 aromatic rings. The minimum atomic E-state index is -0.0309. The van der Waals surface area contributed by atoms with Crippen LogP contribution >= 0.6 is 0 Å². The van der Waals surface area contributed by atoms with Crippen LogP contribution in [-0.2, 0) is 4.79 Å². The van der Waals surface area contributed by atoms with Crippen LogP contribution in [-0.4, -0.2) is 18.5 Å². The molecule has 0 radical (unpaired) electrons. The van der Waals surface area contributed by atoms with E-state index in [-0.39, 0.29) is 18.0 Å². The van der Waals surface area contributed by atoms with Crippen LogP contribution < -0.4 is 10.6 Å². The molecule has 1 heterocycles. The first-order valence-corrected chi connectivity index (χ1v) is 7.16. The van der Waals surface area contributed by atoms with Crippen molar-refractivity contribution in [2.75, 3.05) is 6.54 Å². The van der Waals surface area contributed by atoms with Gasteiger partial charge in [0, 0.05) is 0 Å². The molecule has 0 saturated carbocycles. The Morgan fingerprint density at radius 3 is 2.68 bits per heavy atom. The third-order valence-corrected chi connectivity index (χ3v) is 3.92. The average molecular weight is 260 g/mol. The van der Waals surface area contributed by atoms with Crippen molar-refractivity contribution in [3.63, 3.8) is 0 Å². The Morgan fingerprint density at radius 2 is 2.05 bits per heavy atom. The van der Waals surface area contributed by atoms with E-state index in [1.807, 2.05) is 6.92 Å². The Labute approximate surface area is 115 Å². The van der Waals surface area contributed by atoms with Gasteiger partial charge < -0.3 is 10.6 Å². The highest BCUT2D eigenvalue weighted by Gasteiger charge is 2.25. The lowest BCUT2D eigenvalue weighted by Crippen LogP contribution is -2.48. The molecule has 19 heavy (non-hydrogen) atoms. The molecule has 3 nitrogen and oxygen atoms in total. The number of carbonyl (C=O) groups excluding carboxylic acids is 1. The zero-order valence-electron chi connectivity index (χ0n) is 12.1. The number of carbonyl (C=O) groups is 1. The van der Waals surface area contributed by atoms with E-state index in [9.17, 15) is 4.79 Å². The third-order valence-electron chi connectivity index (χ3n) is 3.92. The fraction of sp³-hybridized carbons (Fsp3) is 0.562. The van der Waals surface area contributed by atoms with Crippen molar-refractivity contribution in [2.24, 2.45) is 5.92 Å². The highest BCUT2D eigenvalue weighted by Crippen LogP contribution is 2.17. The van der Waals surface area contributed by atoms with Gasteiger partial charge in [0.1, 0.15) is 0 Å². The average Bonchev–Trinajstić information content (AvgIpc) is 2.39. The van der Waals surface area contributed by atoms with Crippen LogP contribution in [0.5, 0.6) is 0 Å². The molecule has 0 aliphatic carbocycles. The van der Waals surface area contributed by atoms with Crippen molar-refractivity contribution in [2.45, 2.75) is 45.7 Å². The van der Waals surface area contributed by atoms with E-state index in [1.54, 1.807) is 0 Å². The lowest BCUT2D eigenvalue weighted by molar-refractivity contribution is -0.124. The Balaban J connectivity index is 1.92. The molecule has 104 valence electrons. The van der Waals surface area contributed by atoms with Crippen LogP contribution in [0, 0.1) is 12.8 Å². The third kappa shape index (κ3) is 3.80. The largest absolute Gasteiger partial charge is 0.348 e. The van der Waals surface area contributed by atoms with Gasteiger partial charge in [0.2, 0.25) is 5.91 Å². The molecule has 1 aromatic carbocycles. The standard InChI is InChI=1S/C16H24N2O/c1-11-4-6-14(7-5-11)13(3)18-16(19)15-10-12(2)8-9-17-15/h4-7,12-13,15,17H,8-10H2,1-3H3,(H,18,19)/t12?,13-,15?/m0/s1. The Morgan fingerprint density at radius 1 is 1.37 bits per heavy atom. The molecule has 2 unspecified atom stereocenters. The lowest BCUT2D eigenvalue weighted by Gasteiger charge is -2.28. The van der Waals surface area contributed by atoms with E-state index in [1.165, 1.54) is 5.56 Å².